The Labute approximate surface area is 209 Å². The lowest BCUT2D eigenvalue weighted by atomic mass is 9.94. The van der Waals surface area contributed by atoms with Crippen LogP contribution in [-0.4, -0.2) is 41.0 Å². The molecule has 1 aliphatic carbocycles. The quantitative estimate of drug-likeness (QED) is 0.290. The minimum Gasteiger partial charge on any atom is -0.507 e. The molecule has 2 fully saturated rings. The van der Waals surface area contributed by atoms with E-state index in [0.717, 1.165) is 25.7 Å². The molecule has 1 N–H and O–H groups in total. The fourth-order valence-electron chi connectivity index (χ4n) is 4.81. The number of hydrogen-bond donors (Lipinski definition) is 1. The van der Waals surface area contributed by atoms with E-state index in [9.17, 15) is 14.7 Å². The number of Topliss-reactive ketones (excluding diaryl/α,β-unsaturated/α-hetero) is 1. The molecule has 0 bridgehead atoms. The molecule has 1 saturated carbocycles. The number of amides is 1. The number of ether oxygens (including phenoxy) is 2. The Bertz CT molecular complexity index is 1130. The lowest BCUT2D eigenvalue weighted by molar-refractivity contribution is -0.141. The van der Waals surface area contributed by atoms with E-state index in [4.69, 9.17) is 32.7 Å². The summed E-state index contributed by atoms with van der Waals surface area (Å²) in [6.07, 6.45) is 3.55. The number of nitrogens with zero attached hydrogens (tertiary/aromatic N) is 1. The summed E-state index contributed by atoms with van der Waals surface area (Å²) in [5.41, 5.74) is 0.937. The van der Waals surface area contributed by atoms with Crippen LogP contribution in [0.5, 0.6) is 11.5 Å². The predicted octanol–water partition coefficient (Wildman–Crippen LogP) is 6.15. The highest BCUT2D eigenvalue weighted by Crippen LogP contribution is 2.45. The van der Waals surface area contributed by atoms with Crippen LogP contribution in [0.3, 0.4) is 0 Å². The van der Waals surface area contributed by atoms with Gasteiger partial charge in [-0.05, 0) is 56.5 Å². The van der Waals surface area contributed by atoms with E-state index >= 15 is 0 Å². The van der Waals surface area contributed by atoms with Crippen molar-refractivity contribution in [2.24, 2.45) is 0 Å². The minimum absolute atomic E-state index is 0.0101. The standard InChI is InChI=1S/C26H27Cl2NO5/c1-14(2)34-18-10-6-7-15(11-18)22-21(24(31)26(32)29(22)17-8-4-5-9-17)23(30)16-12-19(27)25(33-3)20(28)13-16/h6-7,10-14,17,22,30H,4-5,8-9H2,1-3H3/b23-21+. The van der Waals surface area contributed by atoms with Gasteiger partial charge in [0.05, 0.1) is 34.9 Å². The normalized spacial score (nSPS) is 20.4. The van der Waals surface area contributed by atoms with Gasteiger partial charge < -0.3 is 19.5 Å². The second kappa shape index (κ2) is 9.88. The second-order valence-corrected chi connectivity index (χ2v) is 9.67. The molecule has 1 aliphatic heterocycles. The number of aliphatic hydroxyl groups excluding tert-OH is 1. The van der Waals surface area contributed by atoms with Crippen molar-refractivity contribution in [1.82, 2.24) is 4.90 Å². The zero-order valence-corrected chi connectivity index (χ0v) is 20.8. The van der Waals surface area contributed by atoms with E-state index in [1.54, 1.807) is 4.90 Å². The fourth-order valence-corrected chi connectivity index (χ4v) is 5.45. The molecule has 2 aliphatic rings. The summed E-state index contributed by atoms with van der Waals surface area (Å²) in [7, 11) is 1.44. The number of methoxy groups -OCH3 is 1. The molecule has 0 spiro atoms. The van der Waals surface area contributed by atoms with Gasteiger partial charge in [0.2, 0.25) is 0 Å². The molecule has 4 rings (SSSR count). The topological polar surface area (TPSA) is 76.1 Å². The number of aliphatic hydroxyl groups is 1. The zero-order valence-electron chi connectivity index (χ0n) is 19.3. The van der Waals surface area contributed by atoms with Crippen LogP contribution in [0.2, 0.25) is 10.0 Å². The van der Waals surface area contributed by atoms with Crippen LogP contribution in [0.15, 0.2) is 42.0 Å². The van der Waals surface area contributed by atoms with E-state index in [-0.39, 0.29) is 44.8 Å². The highest BCUT2D eigenvalue weighted by Gasteiger charge is 2.49. The van der Waals surface area contributed by atoms with Crippen molar-refractivity contribution in [2.45, 2.75) is 57.7 Å². The lowest BCUT2D eigenvalue weighted by Crippen LogP contribution is -2.37. The number of halogens is 2. The maximum absolute atomic E-state index is 13.3. The van der Waals surface area contributed by atoms with Crippen LogP contribution in [0.1, 0.15) is 56.7 Å². The fraction of sp³-hybridized carbons (Fsp3) is 0.385. The van der Waals surface area contributed by atoms with Crippen molar-refractivity contribution < 1.29 is 24.2 Å². The van der Waals surface area contributed by atoms with Crippen molar-refractivity contribution in [2.75, 3.05) is 7.11 Å². The summed E-state index contributed by atoms with van der Waals surface area (Å²) in [6, 6.07) is 9.42. The Morgan fingerprint density at radius 1 is 1.09 bits per heavy atom. The van der Waals surface area contributed by atoms with Crippen molar-refractivity contribution in [1.29, 1.82) is 0 Å². The SMILES string of the molecule is COc1c(Cl)cc(/C(O)=C2\C(=O)C(=O)N(C3CCCC3)C2c2cccc(OC(C)C)c2)cc1Cl. The van der Waals surface area contributed by atoms with Gasteiger partial charge in [0.25, 0.3) is 11.7 Å². The average molecular weight is 504 g/mol. The third-order valence-electron chi connectivity index (χ3n) is 6.22. The number of carbonyl (C=O) groups excluding carboxylic acids is 2. The Balaban J connectivity index is 1.89. The largest absolute Gasteiger partial charge is 0.507 e. The maximum atomic E-state index is 13.3. The van der Waals surface area contributed by atoms with E-state index < -0.39 is 17.7 Å². The molecule has 2 aromatic carbocycles. The molecule has 1 amide bonds. The summed E-state index contributed by atoms with van der Waals surface area (Å²) in [6.45, 7) is 3.85. The molecule has 2 aromatic rings. The van der Waals surface area contributed by atoms with Gasteiger partial charge in [-0.1, -0.05) is 48.2 Å². The third kappa shape index (κ3) is 4.49. The van der Waals surface area contributed by atoms with Crippen LogP contribution in [-0.2, 0) is 9.59 Å². The molecular weight excluding hydrogens is 477 g/mol. The van der Waals surface area contributed by atoms with Crippen LogP contribution >= 0.6 is 23.2 Å². The van der Waals surface area contributed by atoms with Crippen molar-refractivity contribution >= 4 is 40.7 Å². The zero-order chi connectivity index (χ0) is 24.6. The second-order valence-electron chi connectivity index (χ2n) is 8.86. The highest BCUT2D eigenvalue weighted by molar-refractivity contribution is 6.47. The molecule has 1 saturated heterocycles. The van der Waals surface area contributed by atoms with Crippen molar-refractivity contribution in [3.05, 3.63) is 63.1 Å². The first-order valence-corrected chi connectivity index (χ1v) is 12.1. The Kier molecular flexibility index (Phi) is 7.10. The summed E-state index contributed by atoms with van der Waals surface area (Å²) in [5, 5.41) is 11.7. The molecular formula is C26H27Cl2NO5. The molecule has 180 valence electrons. The predicted molar refractivity (Wildman–Crippen MR) is 132 cm³/mol. The smallest absolute Gasteiger partial charge is 0.295 e. The van der Waals surface area contributed by atoms with Crippen molar-refractivity contribution in [3.8, 4) is 11.5 Å². The summed E-state index contributed by atoms with van der Waals surface area (Å²) < 4.78 is 11.0. The summed E-state index contributed by atoms with van der Waals surface area (Å²) in [4.78, 5) is 28.2. The molecule has 6 nitrogen and oxygen atoms in total. The molecule has 1 heterocycles. The van der Waals surface area contributed by atoms with Gasteiger partial charge in [-0.2, -0.15) is 0 Å². The van der Waals surface area contributed by atoms with Gasteiger partial charge in [0.1, 0.15) is 11.5 Å². The number of rotatable bonds is 6. The first-order chi connectivity index (χ1) is 16.2. The third-order valence-corrected chi connectivity index (χ3v) is 6.78. The molecule has 8 heteroatoms. The monoisotopic (exact) mass is 503 g/mol. The lowest BCUT2D eigenvalue weighted by Gasteiger charge is -2.31. The summed E-state index contributed by atoms with van der Waals surface area (Å²) >= 11 is 12.6. The first-order valence-electron chi connectivity index (χ1n) is 11.3. The minimum atomic E-state index is -0.751. The highest BCUT2D eigenvalue weighted by atomic mass is 35.5. The van der Waals surface area contributed by atoms with Crippen LogP contribution in [0, 0.1) is 0 Å². The average Bonchev–Trinajstić information content (AvgIpc) is 3.39. The maximum Gasteiger partial charge on any atom is 0.295 e. The number of ketones is 1. The van der Waals surface area contributed by atoms with Gasteiger partial charge >= 0.3 is 0 Å². The summed E-state index contributed by atoms with van der Waals surface area (Å²) in [5.74, 6) is -0.779. The number of likely N-dealkylation sites (tertiary alicyclic amines) is 1. The molecule has 0 radical (unpaired) electrons. The van der Waals surface area contributed by atoms with Gasteiger partial charge in [0.15, 0.2) is 5.75 Å². The Hall–Kier alpha value is -2.70. The van der Waals surface area contributed by atoms with Crippen LogP contribution in [0.4, 0.5) is 0 Å². The van der Waals surface area contributed by atoms with Gasteiger partial charge in [-0.15, -0.1) is 0 Å². The molecule has 0 aromatic heterocycles. The van der Waals surface area contributed by atoms with Crippen LogP contribution < -0.4 is 9.47 Å². The molecule has 1 atom stereocenters. The Morgan fingerprint density at radius 3 is 2.32 bits per heavy atom. The first kappa shape index (κ1) is 24.4. The number of carbonyl (C=O) groups is 2. The van der Waals surface area contributed by atoms with Crippen molar-refractivity contribution in [3.63, 3.8) is 0 Å². The van der Waals surface area contributed by atoms with Crippen LogP contribution in [0.25, 0.3) is 5.76 Å². The van der Waals surface area contributed by atoms with Gasteiger partial charge in [-0.25, -0.2) is 0 Å². The van der Waals surface area contributed by atoms with E-state index in [1.807, 2.05) is 38.1 Å². The number of hydrogen-bond acceptors (Lipinski definition) is 5. The molecule has 34 heavy (non-hydrogen) atoms. The van der Waals surface area contributed by atoms with Gasteiger partial charge in [-0.3, -0.25) is 9.59 Å². The Morgan fingerprint density at radius 2 is 1.74 bits per heavy atom. The van der Waals surface area contributed by atoms with E-state index in [1.165, 1.54) is 19.2 Å². The number of benzene rings is 2. The molecule has 1 unspecified atom stereocenters. The van der Waals surface area contributed by atoms with E-state index in [2.05, 4.69) is 0 Å². The van der Waals surface area contributed by atoms with Gasteiger partial charge in [0, 0.05) is 11.6 Å². The van der Waals surface area contributed by atoms with E-state index in [0.29, 0.717) is 11.3 Å².